The van der Waals surface area contributed by atoms with Gasteiger partial charge in [0.15, 0.2) is 0 Å². The number of benzene rings is 1. The van der Waals surface area contributed by atoms with Crippen molar-refractivity contribution >= 4 is 21.8 Å². The minimum absolute atomic E-state index is 0.0732. The van der Waals surface area contributed by atoms with Gasteiger partial charge in [0.1, 0.15) is 17.2 Å². The van der Waals surface area contributed by atoms with Crippen LogP contribution in [0.5, 0.6) is 0 Å². The average molecular weight is 347 g/mol. The van der Waals surface area contributed by atoms with Crippen molar-refractivity contribution in [2.45, 2.75) is 19.8 Å². The van der Waals surface area contributed by atoms with Crippen molar-refractivity contribution in [3.8, 4) is 0 Å². The number of halogens is 3. The van der Waals surface area contributed by atoms with E-state index < -0.39 is 23.1 Å². The fourth-order valence-electron chi connectivity index (χ4n) is 2.41. The molecule has 6 heteroatoms. The third-order valence-electron chi connectivity index (χ3n) is 3.60. The van der Waals surface area contributed by atoms with E-state index >= 15 is 0 Å². The van der Waals surface area contributed by atoms with Crippen LogP contribution in [0.25, 0.3) is 0 Å². The van der Waals surface area contributed by atoms with Crippen molar-refractivity contribution in [2.75, 3.05) is 19.6 Å². The highest BCUT2D eigenvalue weighted by Crippen LogP contribution is 2.25. The summed E-state index contributed by atoms with van der Waals surface area (Å²) in [5, 5.41) is 5.90. The smallest absolute Gasteiger partial charge is 0.257 e. The first-order valence-electron chi connectivity index (χ1n) is 6.55. The predicted molar refractivity (Wildman–Crippen MR) is 76.6 cm³/mol. The van der Waals surface area contributed by atoms with Crippen LogP contribution in [-0.4, -0.2) is 25.5 Å². The summed E-state index contributed by atoms with van der Waals surface area (Å²) in [6.07, 6.45) is 2.01. The molecule has 1 fully saturated rings. The van der Waals surface area contributed by atoms with E-state index in [0.717, 1.165) is 38.1 Å². The molecule has 0 spiro atoms. The Labute approximate surface area is 125 Å². The second kappa shape index (κ2) is 6.18. The van der Waals surface area contributed by atoms with Crippen LogP contribution in [0, 0.1) is 17.0 Å². The van der Waals surface area contributed by atoms with Crippen molar-refractivity contribution < 1.29 is 13.6 Å². The summed E-state index contributed by atoms with van der Waals surface area (Å²) in [7, 11) is 0. The molecule has 0 radical (unpaired) electrons. The van der Waals surface area contributed by atoms with E-state index in [1.165, 1.54) is 0 Å². The second-order valence-electron chi connectivity index (χ2n) is 5.52. The van der Waals surface area contributed by atoms with Gasteiger partial charge in [-0.2, -0.15) is 0 Å². The molecule has 1 aliphatic rings. The first kappa shape index (κ1) is 15.4. The molecule has 1 aromatic rings. The van der Waals surface area contributed by atoms with Crippen LogP contribution >= 0.6 is 15.9 Å². The standard InChI is InChI=1S/C14H17BrF2N2O/c1-14(3-2-4-18-7-14)8-19-13(20)12-10(16)5-9(15)6-11(12)17/h5-6,18H,2-4,7-8H2,1H3,(H,19,20). The molecule has 1 saturated heterocycles. The zero-order chi connectivity index (χ0) is 14.8. The van der Waals surface area contributed by atoms with Gasteiger partial charge in [0.25, 0.3) is 5.91 Å². The Hall–Kier alpha value is -1.01. The van der Waals surface area contributed by atoms with Crippen LogP contribution in [0.15, 0.2) is 16.6 Å². The lowest BCUT2D eigenvalue weighted by molar-refractivity contribution is 0.0916. The van der Waals surface area contributed by atoms with Crippen molar-refractivity contribution in [3.05, 3.63) is 33.8 Å². The average Bonchev–Trinajstić information content (AvgIpc) is 2.36. The number of piperidine rings is 1. The van der Waals surface area contributed by atoms with E-state index in [2.05, 4.69) is 26.6 Å². The molecule has 1 amide bonds. The molecule has 2 rings (SSSR count). The lowest BCUT2D eigenvalue weighted by Crippen LogP contribution is -2.45. The van der Waals surface area contributed by atoms with Gasteiger partial charge in [-0.05, 0) is 36.9 Å². The Morgan fingerprint density at radius 2 is 2.10 bits per heavy atom. The predicted octanol–water partition coefficient (Wildman–Crippen LogP) is 2.85. The van der Waals surface area contributed by atoms with Gasteiger partial charge in [-0.15, -0.1) is 0 Å². The minimum atomic E-state index is -0.860. The number of nitrogens with one attached hydrogen (secondary N) is 2. The molecule has 3 nitrogen and oxygen atoms in total. The van der Waals surface area contributed by atoms with Crippen LogP contribution in [0.1, 0.15) is 30.1 Å². The number of carbonyl (C=O) groups excluding carboxylic acids is 1. The molecule has 1 unspecified atom stereocenters. The first-order valence-corrected chi connectivity index (χ1v) is 7.34. The molecule has 0 saturated carbocycles. The van der Waals surface area contributed by atoms with Crippen LogP contribution in [-0.2, 0) is 0 Å². The lowest BCUT2D eigenvalue weighted by Gasteiger charge is -2.34. The van der Waals surface area contributed by atoms with E-state index in [1.807, 2.05) is 6.92 Å². The van der Waals surface area contributed by atoms with Gasteiger partial charge in [0.2, 0.25) is 0 Å². The van der Waals surface area contributed by atoms with Crippen LogP contribution in [0.2, 0.25) is 0 Å². The van der Waals surface area contributed by atoms with Gasteiger partial charge in [-0.25, -0.2) is 8.78 Å². The van der Waals surface area contributed by atoms with Crippen LogP contribution in [0.3, 0.4) is 0 Å². The molecular weight excluding hydrogens is 330 g/mol. The highest BCUT2D eigenvalue weighted by molar-refractivity contribution is 9.10. The fraction of sp³-hybridized carbons (Fsp3) is 0.500. The first-order chi connectivity index (χ1) is 9.41. The van der Waals surface area contributed by atoms with Gasteiger partial charge in [0.05, 0.1) is 0 Å². The Balaban J connectivity index is 2.05. The number of hydrogen-bond donors (Lipinski definition) is 2. The molecular formula is C14H17BrF2N2O. The zero-order valence-electron chi connectivity index (χ0n) is 11.2. The number of carbonyl (C=O) groups is 1. The number of rotatable bonds is 3. The number of amides is 1. The molecule has 1 atom stereocenters. The molecule has 110 valence electrons. The molecule has 1 aliphatic heterocycles. The van der Waals surface area contributed by atoms with Crippen molar-refractivity contribution in [2.24, 2.45) is 5.41 Å². The van der Waals surface area contributed by atoms with Crippen molar-refractivity contribution in [3.63, 3.8) is 0 Å². The summed E-state index contributed by atoms with van der Waals surface area (Å²) >= 11 is 2.99. The van der Waals surface area contributed by atoms with Gasteiger partial charge in [-0.1, -0.05) is 22.9 Å². The van der Waals surface area contributed by atoms with E-state index in [9.17, 15) is 13.6 Å². The third-order valence-corrected chi connectivity index (χ3v) is 4.05. The van der Waals surface area contributed by atoms with Crippen molar-refractivity contribution in [1.29, 1.82) is 0 Å². The van der Waals surface area contributed by atoms with Gasteiger partial charge in [0, 0.05) is 17.6 Å². The Bertz CT molecular complexity index is 493. The summed E-state index contributed by atoms with van der Waals surface area (Å²) in [6, 6.07) is 2.17. The summed E-state index contributed by atoms with van der Waals surface area (Å²) in [5.41, 5.74) is -0.600. The van der Waals surface area contributed by atoms with Gasteiger partial charge in [-0.3, -0.25) is 4.79 Å². The van der Waals surface area contributed by atoms with E-state index in [1.54, 1.807) is 0 Å². The highest BCUT2D eigenvalue weighted by atomic mass is 79.9. The Kier molecular flexibility index (Phi) is 4.75. The Morgan fingerprint density at radius 1 is 1.45 bits per heavy atom. The quantitative estimate of drug-likeness (QED) is 0.883. The SMILES string of the molecule is CC1(CNC(=O)c2c(F)cc(Br)cc2F)CCCNC1. The highest BCUT2D eigenvalue weighted by Gasteiger charge is 2.28. The second-order valence-corrected chi connectivity index (χ2v) is 6.43. The van der Waals surface area contributed by atoms with E-state index in [-0.39, 0.29) is 9.89 Å². The summed E-state index contributed by atoms with van der Waals surface area (Å²) < 4.78 is 27.6. The summed E-state index contributed by atoms with van der Waals surface area (Å²) in [6.45, 7) is 4.21. The fourth-order valence-corrected chi connectivity index (χ4v) is 2.81. The lowest BCUT2D eigenvalue weighted by atomic mass is 9.83. The maximum Gasteiger partial charge on any atom is 0.257 e. The normalized spacial score (nSPS) is 22.6. The number of hydrogen-bond acceptors (Lipinski definition) is 2. The maximum absolute atomic E-state index is 13.7. The van der Waals surface area contributed by atoms with E-state index in [4.69, 9.17) is 0 Å². The zero-order valence-corrected chi connectivity index (χ0v) is 12.8. The Morgan fingerprint density at radius 3 is 2.65 bits per heavy atom. The topological polar surface area (TPSA) is 41.1 Å². The van der Waals surface area contributed by atoms with Gasteiger partial charge >= 0.3 is 0 Å². The molecule has 1 aromatic carbocycles. The van der Waals surface area contributed by atoms with Crippen molar-refractivity contribution in [1.82, 2.24) is 10.6 Å². The molecule has 20 heavy (non-hydrogen) atoms. The molecule has 1 heterocycles. The largest absolute Gasteiger partial charge is 0.351 e. The van der Waals surface area contributed by atoms with E-state index in [0.29, 0.717) is 6.54 Å². The van der Waals surface area contributed by atoms with Gasteiger partial charge < -0.3 is 10.6 Å². The summed E-state index contributed by atoms with van der Waals surface area (Å²) in [4.78, 5) is 12.0. The monoisotopic (exact) mass is 346 g/mol. The maximum atomic E-state index is 13.7. The third kappa shape index (κ3) is 3.55. The minimum Gasteiger partial charge on any atom is -0.351 e. The molecule has 2 N–H and O–H groups in total. The molecule has 0 aliphatic carbocycles. The van der Waals surface area contributed by atoms with Crippen LogP contribution < -0.4 is 10.6 Å². The molecule has 0 aromatic heterocycles. The van der Waals surface area contributed by atoms with Crippen LogP contribution in [0.4, 0.5) is 8.78 Å². The summed E-state index contributed by atoms with van der Waals surface area (Å²) in [5.74, 6) is -2.43. The molecule has 0 bridgehead atoms.